The Kier molecular flexibility index (Phi) is 3.64. The Hall–Kier alpha value is -0.510. The predicted molar refractivity (Wildman–Crippen MR) is 76.9 cm³/mol. The van der Waals surface area contributed by atoms with E-state index in [1.165, 1.54) is 11.1 Å². The smallest absolute Gasteiger partial charge is 0.0472 e. The highest BCUT2D eigenvalue weighted by Crippen LogP contribution is 2.35. The van der Waals surface area contributed by atoms with Crippen LogP contribution in [0.5, 0.6) is 0 Å². The van der Waals surface area contributed by atoms with Crippen molar-refractivity contribution in [2.75, 3.05) is 25.5 Å². The third kappa shape index (κ3) is 2.44. The van der Waals surface area contributed by atoms with Gasteiger partial charge in [-0.25, -0.2) is 0 Å². The molecule has 0 saturated carbocycles. The molecule has 98 valence electrons. The lowest BCUT2D eigenvalue weighted by molar-refractivity contribution is 0.00701. The fraction of sp³-hybridized carbons (Fsp3) is 0.600. The standard InChI is InChI=1S/C15H21NOS/c18-12-15(5-7-17-8-6-15)11-16-9-13-3-1-2-4-14(13)10-16/h1-4,18H,5-12H2. The largest absolute Gasteiger partial charge is 0.381 e. The summed E-state index contributed by atoms with van der Waals surface area (Å²) >= 11 is 4.60. The van der Waals surface area contributed by atoms with Crippen LogP contribution in [0.25, 0.3) is 0 Å². The Morgan fingerprint density at radius 1 is 1.11 bits per heavy atom. The molecule has 2 heterocycles. The summed E-state index contributed by atoms with van der Waals surface area (Å²) in [5.41, 5.74) is 3.36. The number of hydrogen-bond acceptors (Lipinski definition) is 3. The third-order valence-corrected chi connectivity index (χ3v) is 5.02. The van der Waals surface area contributed by atoms with Crippen LogP contribution in [0.4, 0.5) is 0 Å². The van der Waals surface area contributed by atoms with E-state index >= 15 is 0 Å². The first kappa shape index (κ1) is 12.5. The van der Waals surface area contributed by atoms with Gasteiger partial charge in [-0.2, -0.15) is 12.6 Å². The number of rotatable bonds is 3. The summed E-state index contributed by atoms with van der Waals surface area (Å²) in [7, 11) is 0. The first-order valence-corrected chi connectivity index (χ1v) is 7.42. The second-order valence-corrected chi connectivity index (χ2v) is 6.00. The molecule has 1 aromatic carbocycles. The molecule has 0 radical (unpaired) electrons. The van der Waals surface area contributed by atoms with Crippen molar-refractivity contribution < 1.29 is 4.74 Å². The molecule has 1 fully saturated rings. The van der Waals surface area contributed by atoms with Crippen LogP contribution in [0.2, 0.25) is 0 Å². The number of benzene rings is 1. The molecule has 0 unspecified atom stereocenters. The summed E-state index contributed by atoms with van der Waals surface area (Å²) in [4.78, 5) is 2.58. The monoisotopic (exact) mass is 263 g/mol. The van der Waals surface area contributed by atoms with Gasteiger partial charge in [-0.15, -0.1) is 0 Å². The molecule has 0 aliphatic carbocycles. The maximum atomic E-state index is 5.50. The quantitative estimate of drug-likeness (QED) is 0.842. The van der Waals surface area contributed by atoms with E-state index in [0.29, 0.717) is 5.41 Å². The Balaban J connectivity index is 1.67. The van der Waals surface area contributed by atoms with Gasteiger partial charge in [0.05, 0.1) is 0 Å². The molecule has 3 heteroatoms. The van der Waals surface area contributed by atoms with Crippen molar-refractivity contribution in [3.05, 3.63) is 35.4 Å². The summed E-state index contributed by atoms with van der Waals surface area (Å²) in [6.45, 7) is 5.18. The van der Waals surface area contributed by atoms with Crippen LogP contribution in [0.1, 0.15) is 24.0 Å². The maximum absolute atomic E-state index is 5.50. The highest BCUT2D eigenvalue weighted by atomic mass is 32.1. The molecule has 1 saturated heterocycles. The van der Waals surface area contributed by atoms with Gasteiger partial charge in [0, 0.05) is 32.8 Å². The van der Waals surface area contributed by atoms with Crippen molar-refractivity contribution >= 4 is 12.6 Å². The highest BCUT2D eigenvalue weighted by molar-refractivity contribution is 7.80. The van der Waals surface area contributed by atoms with Crippen LogP contribution in [0.3, 0.4) is 0 Å². The summed E-state index contributed by atoms with van der Waals surface area (Å²) in [5, 5.41) is 0. The normalized spacial score (nSPS) is 22.9. The minimum atomic E-state index is 0.364. The van der Waals surface area contributed by atoms with Crippen LogP contribution in [-0.4, -0.2) is 30.4 Å². The first-order valence-electron chi connectivity index (χ1n) is 6.79. The number of nitrogens with zero attached hydrogens (tertiary/aromatic N) is 1. The Bertz CT molecular complexity index is 390. The average Bonchev–Trinajstić information content (AvgIpc) is 2.81. The van der Waals surface area contributed by atoms with Gasteiger partial charge in [0.25, 0.3) is 0 Å². The zero-order valence-corrected chi connectivity index (χ0v) is 11.7. The van der Waals surface area contributed by atoms with Gasteiger partial charge in [0.1, 0.15) is 0 Å². The summed E-state index contributed by atoms with van der Waals surface area (Å²) in [6.07, 6.45) is 2.31. The van der Waals surface area contributed by atoms with E-state index in [1.54, 1.807) is 0 Å². The van der Waals surface area contributed by atoms with Gasteiger partial charge in [-0.3, -0.25) is 4.90 Å². The van der Waals surface area contributed by atoms with E-state index in [1.807, 2.05) is 0 Å². The molecule has 3 rings (SSSR count). The van der Waals surface area contributed by atoms with Gasteiger partial charge in [0.15, 0.2) is 0 Å². The van der Waals surface area contributed by atoms with Gasteiger partial charge in [-0.1, -0.05) is 24.3 Å². The van der Waals surface area contributed by atoms with Crippen molar-refractivity contribution in [3.63, 3.8) is 0 Å². The molecule has 2 nitrogen and oxygen atoms in total. The van der Waals surface area contributed by atoms with Crippen molar-refractivity contribution in [3.8, 4) is 0 Å². The molecular formula is C15H21NOS. The van der Waals surface area contributed by atoms with Crippen LogP contribution < -0.4 is 0 Å². The fourth-order valence-electron chi connectivity index (χ4n) is 3.16. The zero-order chi connectivity index (χ0) is 12.4. The highest BCUT2D eigenvalue weighted by Gasteiger charge is 2.34. The van der Waals surface area contributed by atoms with Gasteiger partial charge in [-0.05, 0) is 35.1 Å². The summed E-state index contributed by atoms with van der Waals surface area (Å²) < 4.78 is 5.50. The van der Waals surface area contributed by atoms with Crippen molar-refractivity contribution in [1.82, 2.24) is 4.90 Å². The Morgan fingerprint density at radius 2 is 1.72 bits per heavy atom. The number of ether oxygens (including phenoxy) is 1. The molecule has 18 heavy (non-hydrogen) atoms. The summed E-state index contributed by atoms with van der Waals surface area (Å²) in [6, 6.07) is 8.80. The van der Waals surface area contributed by atoms with Gasteiger partial charge < -0.3 is 4.74 Å². The second-order valence-electron chi connectivity index (χ2n) is 5.68. The molecule has 0 spiro atoms. The minimum Gasteiger partial charge on any atom is -0.381 e. The molecule has 0 atom stereocenters. The molecule has 0 amide bonds. The lowest BCUT2D eigenvalue weighted by atomic mass is 9.81. The van der Waals surface area contributed by atoms with E-state index in [-0.39, 0.29) is 0 Å². The predicted octanol–water partition coefficient (Wildman–Crippen LogP) is 2.73. The molecule has 2 aliphatic heterocycles. The van der Waals surface area contributed by atoms with E-state index in [9.17, 15) is 0 Å². The molecule has 0 N–H and O–H groups in total. The lowest BCUT2D eigenvalue weighted by Gasteiger charge is -2.39. The number of fused-ring (bicyclic) bond motifs is 1. The maximum Gasteiger partial charge on any atom is 0.0472 e. The third-order valence-electron chi connectivity index (χ3n) is 4.35. The van der Waals surface area contributed by atoms with Gasteiger partial charge >= 0.3 is 0 Å². The fourth-order valence-corrected chi connectivity index (χ4v) is 3.58. The summed E-state index contributed by atoms with van der Waals surface area (Å²) in [5.74, 6) is 0.975. The van der Waals surface area contributed by atoms with E-state index < -0.39 is 0 Å². The molecular weight excluding hydrogens is 242 g/mol. The molecule has 1 aromatic rings. The second kappa shape index (κ2) is 5.24. The average molecular weight is 263 g/mol. The SMILES string of the molecule is SCC1(CN2Cc3ccccc3C2)CCOCC1. The van der Waals surface area contributed by atoms with E-state index in [2.05, 4.69) is 41.8 Å². The van der Waals surface area contributed by atoms with Crippen LogP contribution in [-0.2, 0) is 17.8 Å². The first-order chi connectivity index (χ1) is 8.81. The zero-order valence-electron chi connectivity index (χ0n) is 10.8. The van der Waals surface area contributed by atoms with E-state index in [4.69, 9.17) is 4.74 Å². The van der Waals surface area contributed by atoms with Crippen molar-refractivity contribution in [2.45, 2.75) is 25.9 Å². The van der Waals surface area contributed by atoms with Crippen LogP contribution in [0.15, 0.2) is 24.3 Å². The number of thiol groups is 1. The van der Waals surface area contributed by atoms with Crippen LogP contribution in [0, 0.1) is 5.41 Å². The molecule has 2 aliphatic rings. The van der Waals surface area contributed by atoms with Gasteiger partial charge in [0.2, 0.25) is 0 Å². The number of hydrogen-bond donors (Lipinski definition) is 1. The van der Waals surface area contributed by atoms with Crippen molar-refractivity contribution in [1.29, 1.82) is 0 Å². The minimum absolute atomic E-state index is 0.364. The Morgan fingerprint density at radius 3 is 2.28 bits per heavy atom. The van der Waals surface area contributed by atoms with Crippen LogP contribution >= 0.6 is 12.6 Å². The lowest BCUT2D eigenvalue weighted by Crippen LogP contribution is -2.41. The molecule has 0 aromatic heterocycles. The van der Waals surface area contributed by atoms with E-state index in [0.717, 1.165) is 51.4 Å². The molecule has 0 bridgehead atoms. The van der Waals surface area contributed by atoms with Crippen molar-refractivity contribution in [2.24, 2.45) is 5.41 Å². The Labute approximate surface area is 115 Å². The topological polar surface area (TPSA) is 12.5 Å².